The third-order valence-corrected chi connectivity index (χ3v) is 3.92. The van der Waals surface area contributed by atoms with Crippen LogP contribution in [0.5, 0.6) is 0 Å². The lowest BCUT2D eigenvalue weighted by Crippen LogP contribution is -2.27. The maximum Gasteiger partial charge on any atom is 0.416 e. The first-order chi connectivity index (χ1) is 12.3. The highest BCUT2D eigenvalue weighted by Gasteiger charge is 2.30. The van der Waals surface area contributed by atoms with Gasteiger partial charge in [0.05, 0.1) is 22.8 Å². The Kier molecular flexibility index (Phi) is 4.67. The summed E-state index contributed by atoms with van der Waals surface area (Å²) < 4.78 is 40.0. The van der Waals surface area contributed by atoms with Crippen LogP contribution >= 0.6 is 0 Å². The predicted octanol–water partition coefficient (Wildman–Crippen LogP) is 4.00. The molecular weight excluding hydrogens is 345 g/mol. The molecule has 0 fully saturated rings. The summed E-state index contributed by atoms with van der Waals surface area (Å²) in [6.45, 7) is 3.79. The maximum absolute atomic E-state index is 12.8. The van der Waals surface area contributed by atoms with Crippen molar-refractivity contribution in [3.05, 3.63) is 64.2 Å². The molecule has 0 saturated heterocycles. The zero-order valence-corrected chi connectivity index (χ0v) is 14.2. The van der Waals surface area contributed by atoms with Gasteiger partial charge in [0.15, 0.2) is 5.82 Å². The minimum absolute atomic E-state index is 0.0564. The van der Waals surface area contributed by atoms with E-state index >= 15 is 0 Å². The van der Waals surface area contributed by atoms with Gasteiger partial charge in [-0.15, -0.1) is 0 Å². The number of benzene rings is 1. The summed E-state index contributed by atoms with van der Waals surface area (Å²) in [5.74, 6) is 0.0924. The van der Waals surface area contributed by atoms with Crippen LogP contribution in [0.15, 0.2) is 47.5 Å². The molecule has 0 radical (unpaired) electrons. The second-order valence-corrected chi connectivity index (χ2v) is 6.15. The topological polar surface area (TPSA) is 59.8 Å². The number of hydrogen-bond acceptors (Lipinski definition) is 4. The van der Waals surface area contributed by atoms with Crippen LogP contribution < -0.4 is 10.9 Å². The van der Waals surface area contributed by atoms with Gasteiger partial charge in [0.2, 0.25) is 0 Å². The molecule has 1 aromatic carbocycles. The first-order valence-corrected chi connectivity index (χ1v) is 8.03. The number of aromatic nitrogens is 3. The molecule has 0 amide bonds. The van der Waals surface area contributed by atoms with Crippen molar-refractivity contribution >= 4 is 16.9 Å². The molecule has 0 aliphatic heterocycles. The smallest absolute Gasteiger partial charge is 0.361 e. The van der Waals surface area contributed by atoms with E-state index in [4.69, 9.17) is 0 Å². The van der Waals surface area contributed by atoms with E-state index in [9.17, 15) is 18.0 Å². The van der Waals surface area contributed by atoms with E-state index in [2.05, 4.69) is 15.3 Å². The Morgan fingerprint density at radius 1 is 1.23 bits per heavy atom. The second-order valence-electron chi connectivity index (χ2n) is 6.15. The standard InChI is InChI=1S/C18H17F3N4O/c1-11(2)25-15-10-22-7-6-14(15)24-16(17(25)26)23-9-12-4-3-5-13(8-12)18(19,20)21/h3-8,10-11H,9H2,1-2H3,(H,23,24). The number of nitrogens with one attached hydrogen (secondary N) is 1. The minimum Gasteiger partial charge on any atom is -0.361 e. The van der Waals surface area contributed by atoms with Crippen molar-refractivity contribution in [1.82, 2.24) is 14.5 Å². The second kappa shape index (κ2) is 6.78. The number of alkyl halides is 3. The monoisotopic (exact) mass is 362 g/mol. The van der Waals surface area contributed by atoms with E-state index in [0.717, 1.165) is 12.1 Å². The van der Waals surface area contributed by atoms with Crippen LogP contribution in [0.25, 0.3) is 11.0 Å². The lowest BCUT2D eigenvalue weighted by molar-refractivity contribution is -0.137. The van der Waals surface area contributed by atoms with Crippen LogP contribution in [0, 0.1) is 0 Å². The fourth-order valence-electron chi connectivity index (χ4n) is 2.72. The molecule has 0 aliphatic rings. The van der Waals surface area contributed by atoms with E-state index in [-0.39, 0.29) is 24.0 Å². The van der Waals surface area contributed by atoms with Gasteiger partial charge in [0.1, 0.15) is 0 Å². The largest absolute Gasteiger partial charge is 0.416 e. The van der Waals surface area contributed by atoms with Crippen molar-refractivity contribution < 1.29 is 13.2 Å². The van der Waals surface area contributed by atoms with Gasteiger partial charge in [-0.2, -0.15) is 13.2 Å². The zero-order valence-electron chi connectivity index (χ0n) is 14.2. The number of hydrogen-bond donors (Lipinski definition) is 1. The van der Waals surface area contributed by atoms with Crippen molar-refractivity contribution in [1.29, 1.82) is 0 Å². The van der Waals surface area contributed by atoms with Crippen molar-refractivity contribution in [3.8, 4) is 0 Å². The molecule has 3 aromatic rings. The van der Waals surface area contributed by atoms with Gasteiger partial charge in [0, 0.05) is 18.8 Å². The summed E-state index contributed by atoms with van der Waals surface area (Å²) in [6.07, 6.45) is -1.27. The molecule has 5 nitrogen and oxygen atoms in total. The summed E-state index contributed by atoms with van der Waals surface area (Å²) in [5, 5.41) is 2.86. The van der Waals surface area contributed by atoms with Crippen LogP contribution in [0.3, 0.4) is 0 Å². The highest BCUT2D eigenvalue weighted by molar-refractivity contribution is 5.75. The molecular formula is C18H17F3N4O. The zero-order chi connectivity index (χ0) is 18.9. The third-order valence-electron chi connectivity index (χ3n) is 3.92. The number of rotatable bonds is 4. The fourth-order valence-corrected chi connectivity index (χ4v) is 2.72. The van der Waals surface area contributed by atoms with Crippen LogP contribution in [-0.4, -0.2) is 14.5 Å². The highest BCUT2D eigenvalue weighted by atomic mass is 19.4. The van der Waals surface area contributed by atoms with Crippen molar-refractivity contribution in [3.63, 3.8) is 0 Å². The lowest BCUT2D eigenvalue weighted by atomic mass is 10.1. The van der Waals surface area contributed by atoms with Crippen LogP contribution in [-0.2, 0) is 12.7 Å². The SMILES string of the molecule is CC(C)n1c(=O)c(NCc2cccc(C(F)(F)F)c2)nc2ccncc21. The van der Waals surface area contributed by atoms with Crippen LogP contribution in [0.2, 0.25) is 0 Å². The van der Waals surface area contributed by atoms with E-state index < -0.39 is 11.7 Å². The number of anilines is 1. The number of fused-ring (bicyclic) bond motifs is 1. The molecule has 0 aliphatic carbocycles. The summed E-state index contributed by atoms with van der Waals surface area (Å²) in [7, 11) is 0. The summed E-state index contributed by atoms with van der Waals surface area (Å²) in [5.41, 5.74) is 0.533. The summed E-state index contributed by atoms with van der Waals surface area (Å²) in [4.78, 5) is 21.0. The number of nitrogens with zero attached hydrogens (tertiary/aromatic N) is 3. The van der Waals surface area contributed by atoms with Gasteiger partial charge in [-0.25, -0.2) is 4.98 Å². The van der Waals surface area contributed by atoms with Crippen molar-refractivity contribution in [2.24, 2.45) is 0 Å². The molecule has 2 heterocycles. The van der Waals surface area contributed by atoms with Gasteiger partial charge in [0.25, 0.3) is 5.56 Å². The minimum atomic E-state index is -4.41. The molecule has 26 heavy (non-hydrogen) atoms. The van der Waals surface area contributed by atoms with Crippen LogP contribution in [0.4, 0.5) is 19.0 Å². The Bertz CT molecular complexity index is 996. The van der Waals surface area contributed by atoms with E-state index in [1.54, 1.807) is 29.1 Å². The molecule has 3 rings (SSSR count). The molecule has 136 valence electrons. The molecule has 1 N–H and O–H groups in total. The Labute approximate surface area is 147 Å². The maximum atomic E-state index is 12.8. The molecule has 0 saturated carbocycles. The average Bonchev–Trinajstić information content (AvgIpc) is 2.59. The predicted molar refractivity (Wildman–Crippen MR) is 93.0 cm³/mol. The van der Waals surface area contributed by atoms with Gasteiger partial charge in [-0.1, -0.05) is 12.1 Å². The Balaban J connectivity index is 1.95. The molecule has 0 spiro atoms. The average molecular weight is 362 g/mol. The van der Waals surface area contributed by atoms with E-state index in [1.165, 1.54) is 6.07 Å². The first kappa shape index (κ1) is 17.9. The fraction of sp³-hybridized carbons (Fsp3) is 0.278. The molecule has 2 aromatic heterocycles. The number of pyridine rings is 1. The van der Waals surface area contributed by atoms with Crippen molar-refractivity contribution in [2.45, 2.75) is 32.6 Å². The molecule has 0 bridgehead atoms. The van der Waals surface area contributed by atoms with E-state index in [0.29, 0.717) is 16.6 Å². The normalized spacial score (nSPS) is 11.9. The van der Waals surface area contributed by atoms with E-state index in [1.807, 2.05) is 13.8 Å². The van der Waals surface area contributed by atoms with Crippen molar-refractivity contribution in [2.75, 3.05) is 5.32 Å². The molecule has 0 atom stereocenters. The first-order valence-electron chi connectivity index (χ1n) is 8.03. The van der Waals surface area contributed by atoms with Crippen LogP contribution in [0.1, 0.15) is 31.0 Å². The number of halogens is 3. The molecule has 0 unspecified atom stereocenters. The van der Waals surface area contributed by atoms with Gasteiger partial charge in [-0.3, -0.25) is 14.3 Å². The Hall–Kier alpha value is -2.90. The van der Waals surface area contributed by atoms with Gasteiger partial charge >= 0.3 is 6.18 Å². The Morgan fingerprint density at radius 2 is 2.00 bits per heavy atom. The van der Waals surface area contributed by atoms with Gasteiger partial charge in [-0.05, 0) is 37.6 Å². The summed E-state index contributed by atoms with van der Waals surface area (Å²) >= 11 is 0. The summed E-state index contributed by atoms with van der Waals surface area (Å²) in [6, 6.07) is 6.53. The van der Waals surface area contributed by atoms with Gasteiger partial charge < -0.3 is 5.32 Å². The third kappa shape index (κ3) is 3.54. The quantitative estimate of drug-likeness (QED) is 0.762. The lowest BCUT2D eigenvalue weighted by Gasteiger charge is -2.16. The Morgan fingerprint density at radius 3 is 2.69 bits per heavy atom. The highest BCUT2D eigenvalue weighted by Crippen LogP contribution is 2.29. The molecule has 8 heteroatoms.